The van der Waals surface area contributed by atoms with Gasteiger partial charge in [-0.25, -0.2) is 0 Å². The fourth-order valence-corrected chi connectivity index (χ4v) is 2.82. The van der Waals surface area contributed by atoms with Crippen molar-refractivity contribution in [1.82, 2.24) is 15.5 Å². The van der Waals surface area contributed by atoms with Crippen LogP contribution < -0.4 is 15.4 Å². The maximum absolute atomic E-state index is 5.97. The fraction of sp³-hybridized carbons (Fsp3) is 0.682. The molecular formula is C22H40N4O3. The van der Waals surface area contributed by atoms with Gasteiger partial charge in [-0.3, -0.25) is 4.99 Å². The van der Waals surface area contributed by atoms with Crippen LogP contribution in [0.2, 0.25) is 0 Å². The average Bonchev–Trinajstić information content (AvgIpc) is 2.70. The van der Waals surface area contributed by atoms with Crippen molar-refractivity contribution >= 4 is 5.96 Å². The Balaban J connectivity index is 2.58. The fourth-order valence-electron chi connectivity index (χ4n) is 2.82. The molecule has 1 aromatic carbocycles. The molecule has 0 heterocycles. The number of guanidine groups is 1. The second-order valence-corrected chi connectivity index (χ2v) is 7.28. The summed E-state index contributed by atoms with van der Waals surface area (Å²) in [5.41, 5.74) is 2.28. The highest BCUT2D eigenvalue weighted by Crippen LogP contribution is 2.20. The molecule has 1 rings (SSSR count). The Labute approximate surface area is 176 Å². The smallest absolute Gasteiger partial charge is 0.191 e. The molecule has 0 bridgehead atoms. The van der Waals surface area contributed by atoms with Crippen LogP contribution >= 0.6 is 0 Å². The first-order valence-corrected chi connectivity index (χ1v) is 10.4. The molecule has 0 saturated heterocycles. The van der Waals surface area contributed by atoms with Crippen LogP contribution in [0.1, 0.15) is 30.9 Å². The van der Waals surface area contributed by atoms with E-state index >= 15 is 0 Å². The Morgan fingerprint density at radius 2 is 2.00 bits per heavy atom. The van der Waals surface area contributed by atoms with Gasteiger partial charge < -0.3 is 29.7 Å². The van der Waals surface area contributed by atoms with Gasteiger partial charge in [0.25, 0.3) is 0 Å². The van der Waals surface area contributed by atoms with Crippen LogP contribution in [0.3, 0.4) is 0 Å². The van der Waals surface area contributed by atoms with Crippen LogP contribution in [-0.2, 0) is 16.0 Å². The second-order valence-electron chi connectivity index (χ2n) is 7.28. The SMILES string of the molecule is CCOC(CCN(C)C)CNC(=NC)NCc1ccc(C)cc1OCCCOC. The van der Waals surface area contributed by atoms with Gasteiger partial charge in [-0.2, -0.15) is 0 Å². The summed E-state index contributed by atoms with van der Waals surface area (Å²) < 4.78 is 16.9. The van der Waals surface area contributed by atoms with E-state index in [9.17, 15) is 0 Å². The first kappa shape index (κ1) is 25.2. The topological polar surface area (TPSA) is 67.4 Å². The number of rotatable bonds is 14. The van der Waals surface area contributed by atoms with E-state index in [1.54, 1.807) is 14.2 Å². The Morgan fingerprint density at radius 3 is 2.66 bits per heavy atom. The van der Waals surface area contributed by atoms with Crippen LogP contribution in [0.5, 0.6) is 5.75 Å². The number of aryl methyl sites for hydroxylation is 1. The minimum absolute atomic E-state index is 0.153. The van der Waals surface area contributed by atoms with Crippen LogP contribution in [0.15, 0.2) is 23.2 Å². The molecule has 2 N–H and O–H groups in total. The lowest BCUT2D eigenvalue weighted by molar-refractivity contribution is 0.0548. The Hall–Kier alpha value is -1.83. The summed E-state index contributed by atoms with van der Waals surface area (Å²) in [6.07, 6.45) is 1.99. The van der Waals surface area contributed by atoms with E-state index in [0.717, 1.165) is 43.2 Å². The summed E-state index contributed by atoms with van der Waals surface area (Å²) in [4.78, 5) is 6.51. The van der Waals surface area contributed by atoms with Crippen LogP contribution in [0, 0.1) is 6.92 Å². The number of hydrogen-bond donors (Lipinski definition) is 2. The molecule has 0 aliphatic heterocycles. The highest BCUT2D eigenvalue weighted by molar-refractivity contribution is 5.79. The highest BCUT2D eigenvalue weighted by Gasteiger charge is 2.11. The van der Waals surface area contributed by atoms with Gasteiger partial charge in [-0.05, 0) is 46.0 Å². The first-order chi connectivity index (χ1) is 14.0. The lowest BCUT2D eigenvalue weighted by atomic mass is 10.1. The van der Waals surface area contributed by atoms with Gasteiger partial charge in [-0.15, -0.1) is 0 Å². The summed E-state index contributed by atoms with van der Waals surface area (Å²) in [7, 11) is 7.64. The number of methoxy groups -OCH3 is 1. The quantitative estimate of drug-likeness (QED) is 0.280. The molecule has 1 atom stereocenters. The van der Waals surface area contributed by atoms with Crippen molar-refractivity contribution in [2.75, 3.05) is 61.2 Å². The summed E-state index contributed by atoms with van der Waals surface area (Å²) in [5.74, 6) is 1.66. The van der Waals surface area contributed by atoms with Crippen molar-refractivity contribution < 1.29 is 14.2 Å². The lowest BCUT2D eigenvalue weighted by Gasteiger charge is -2.21. The Bertz CT molecular complexity index is 593. The van der Waals surface area contributed by atoms with E-state index in [1.807, 2.05) is 6.92 Å². The largest absolute Gasteiger partial charge is 0.493 e. The van der Waals surface area contributed by atoms with Gasteiger partial charge in [0.1, 0.15) is 5.75 Å². The van der Waals surface area contributed by atoms with Crippen molar-refractivity contribution in [3.8, 4) is 5.75 Å². The zero-order chi connectivity index (χ0) is 21.5. The zero-order valence-corrected chi connectivity index (χ0v) is 19.1. The standard InChI is InChI=1S/C22H40N4O3/c1-7-28-20(11-12-26(4)5)17-25-22(23-3)24-16-19-10-9-18(2)15-21(19)29-14-8-13-27-6/h9-10,15,20H,7-8,11-14,16-17H2,1-6H3,(H2,23,24,25). The monoisotopic (exact) mass is 408 g/mol. The molecule has 0 aromatic heterocycles. The third-order valence-corrected chi connectivity index (χ3v) is 4.44. The number of benzene rings is 1. The third-order valence-electron chi connectivity index (χ3n) is 4.44. The van der Waals surface area contributed by atoms with E-state index in [0.29, 0.717) is 26.4 Å². The predicted octanol–water partition coefficient (Wildman–Crippen LogP) is 2.43. The van der Waals surface area contributed by atoms with Crippen molar-refractivity contribution in [2.45, 2.75) is 39.3 Å². The normalized spacial score (nSPS) is 12.9. The molecule has 7 nitrogen and oxygen atoms in total. The van der Waals surface area contributed by atoms with Crippen molar-refractivity contribution in [3.05, 3.63) is 29.3 Å². The van der Waals surface area contributed by atoms with Crippen molar-refractivity contribution in [1.29, 1.82) is 0 Å². The number of nitrogens with zero attached hydrogens (tertiary/aromatic N) is 2. The molecular weight excluding hydrogens is 368 g/mol. The number of nitrogens with one attached hydrogen (secondary N) is 2. The van der Waals surface area contributed by atoms with Crippen molar-refractivity contribution in [2.24, 2.45) is 4.99 Å². The Morgan fingerprint density at radius 1 is 1.21 bits per heavy atom. The zero-order valence-electron chi connectivity index (χ0n) is 19.1. The summed E-state index contributed by atoms with van der Waals surface area (Å²) in [5, 5.41) is 6.75. The van der Waals surface area contributed by atoms with Gasteiger partial charge >= 0.3 is 0 Å². The Kier molecular flexibility index (Phi) is 13.1. The maximum Gasteiger partial charge on any atom is 0.191 e. The summed E-state index contributed by atoms with van der Waals surface area (Å²) in [6.45, 7) is 8.49. The number of ether oxygens (including phenoxy) is 3. The predicted molar refractivity (Wildman–Crippen MR) is 120 cm³/mol. The minimum Gasteiger partial charge on any atom is -0.493 e. The molecule has 0 radical (unpaired) electrons. The summed E-state index contributed by atoms with van der Waals surface area (Å²) in [6, 6.07) is 6.27. The van der Waals surface area contributed by atoms with Crippen LogP contribution in [0.25, 0.3) is 0 Å². The maximum atomic E-state index is 5.97. The molecule has 1 unspecified atom stereocenters. The minimum atomic E-state index is 0.153. The number of hydrogen-bond acceptors (Lipinski definition) is 5. The van der Waals surface area contributed by atoms with Gasteiger partial charge in [0.2, 0.25) is 0 Å². The van der Waals surface area contributed by atoms with E-state index in [2.05, 4.69) is 59.7 Å². The van der Waals surface area contributed by atoms with E-state index in [4.69, 9.17) is 14.2 Å². The lowest BCUT2D eigenvalue weighted by Crippen LogP contribution is -2.42. The molecule has 0 aliphatic carbocycles. The van der Waals surface area contributed by atoms with Crippen molar-refractivity contribution in [3.63, 3.8) is 0 Å². The molecule has 166 valence electrons. The van der Waals surface area contributed by atoms with E-state index < -0.39 is 0 Å². The van der Waals surface area contributed by atoms with Crippen LogP contribution in [0.4, 0.5) is 0 Å². The molecule has 29 heavy (non-hydrogen) atoms. The highest BCUT2D eigenvalue weighted by atomic mass is 16.5. The first-order valence-electron chi connectivity index (χ1n) is 10.4. The molecule has 0 aliphatic rings. The van der Waals surface area contributed by atoms with Gasteiger partial charge in [-0.1, -0.05) is 12.1 Å². The van der Waals surface area contributed by atoms with Crippen LogP contribution in [-0.4, -0.2) is 78.1 Å². The molecule has 1 aromatic rings. The third kappa shape index (κ3) is 11.1. The number of aliphatic imine (C=N–C) groups is 1. The molecule has 7 heteroatoms. The van der Waals surface area contributed by atoms with Gasteiger partial charge in [0, 0.05) is 59.0 Å². The summed E-state index contributed by atoms with van der Waals surface area (Å²) >= 11 is 0. The molecule has 0 fully saturated rings. The second kappa shape index (κ2) is 15.1. The molecule has 0 spiro atoms. The van der Waals surface area contributed by atoms with E-state index in [-0.39, 0.29) is 6.10 Å². The molecule has 0 amide bonds. The van der Waals surface area contributed by atoms with Gasteiger partial charge in [0.05, 0.1) is 12.7 Å². The molecule has 0 saturated carbocycles. The average molecular weight is 409 g/mol. The van der Waals surface area contributed by atoms with E-state index in [1.165, 1.54) is 5.56 Å². The van der Waals surface area contributed by atoms with Gasteiger partial charge in [0.15, 0.2) is 5.96 Å².